The third kappa shape index (κ3) is 4.66. The molecule has 0 aromatic carbocycles. The highest BCUT2D eigenvalue weighted by Gasteiger charge is 2.19. The molecule has 136 valence electrons. The zero-order valence-corrected chi connectivity index (χ0v) is 14.9. The Kier molecular flexibility index (Phi) is 5.96. The highest BCUT2D eigenvalue weighted by molar-refractivity contribution is 6.33. The predicted molar refractivity (Wildman–Crippen MR) is 98.3 cm³/mol. The molecule has 2 N–H and O–H groups in total. The van der Waals surface area contributed by atoms with Crippen molar-refractivity contribution in [3.63, 3.8) is 0 Å². The van der Waals surface area contributed by atoms with Crippen molar-refractivity contribution in [2.45, 2.75) is 19.3 Å². The van der Waals surface area contributed by atoms with Gasteiger partial charge in [-0.1, -0.05) is 17.7 Å². The van der Waals surface area contributed by atoms with Crippen LogP contribution in [0.5, 0.6) is 0 Å². The first-order chi connectivity index (χ1) is 12.6. The number of pyridine rings is 1. The van der Waals surface area contributed by atoms with E-state index < -0.39 is 5.91 Å². The first kappa shape index (κ1) is 18.1. The molecule has 1 fully saturated rings. The van der Waals surface area contributed by atoms with Gasteiger partial charge in [0.1, 0.15) is 5.82 Å². The summed E-state index contributed by atoms with van der Waals surface area (Å²) < 4.78 is 0. The molecule has 3 rings (SSSR count). The molecule has 0 bridgehead atoms. The van der Waals surface area contributed by atoms with Gasteiger partial charge in [-0.25, -0.2) is 15.0 Å². The molecule has 0 saturated carbocycles. The number of hydrogen-bond donors (Lipinski definition) is 2. The summed E-state index contributed by atoms with van der Waals surface area (Å²) in [5.41, 5.74) is 0.119. The number of nitrogens with one attached hydrogen (secondary N) is 2. The van der Waals surface area contributed by atoms with Gasteiger partial charge in [0.2, 0.25) is 11.9 Å². The van der Waals surface area contributed by atoms with Gasteiger partial charge in [0.25, 0.3) is 5.91 Å². The Labute approximate surface area is 156 Å². The third-order valence-corrected chi connectivity index (χ3v) is 4.18. The second kappa shape index (κ2) is 8.57. The first-order valence-corrected chi connectivity index (χ1v) is 8.78. The standard InChI is InChI=1S/C17H19ClN6O2/c18-12-11-21-17(24-9-3-4-10-24)23-15(12)16(26)20-8-6-14(25)22-13-5-1-2-7-19-13/h1-2,5,7,11H,3-4,6,8-10H2,(H,20,26)(H,19,22,25). The molecule has 9 heteroatoms. The number of aromatic nitrogens is 3. The molecule has 2 aromatic heterocycles. The summed E-state index contributed by atoms with van der Waals surface area (Å²) in [6.07, 6.45) is 5.30. The van der Waals surface area contributed by atoms with Crippen LogP contribution in [0.4, 0.5) is 11.8 Å². The van der Waals surface area contributed by atoms with Crippen LogP contribution >= 0.6 is 11.6 Å². The fraction of sp³-hybridized carbons (Fsp3) is 0.353. The number of nitrogens with zero attached hydrogens (tertiary/aromatic N) is 4. The zero-order chi connectivity index (χ0) is 18.4. The van der Waals surface area contributed by atoms with Crippen LogP contribution in [0, 0.1) is 0 Å². The van der Waals surface area contributed by atoms with Crippen LogP contribution in [0.25, 0.3) is 0 Å². The first-order valence-electron chi connectivity index (χ1n) is 8.40. The van der Waals surface area contributed by atoms with E-state index in [9.17, 15) is 9.59 Å². The van der Waals surface area contributed by atoms with E-state index >= 15 is 0 Å². The third-order valence-electron chi connectivity index (χ3n) is 3.91. The lowest BCUT2D eigenvalue weighted by atomic mass is 10.3. The van der Waals surface area contributed by atoms with Crippen molar-refractivity contribution in [1.82, 2.24) is 20.3 Å². The van der Waals surface area contributed by atoms with Crippen molar-refractivity contribution in [1.29, 1.82) is 0 Å². The number of carbonyl (C=O) groups excluding carboxylic acids is 2. The average molecular weight is 375 g/mol. The smallest absolute Gasteiger partial charge is 0.271 e. The van der Waals surface area contributed by atoms with Crippen LogP contribution in [0.2, 0.25) is 5.02 Å². The highest BCUT2D eigenvalue weighted by atomic mass is 35.5. The van der Waals surface area contributed by atoms with Gasteiger partial charge >= 0.3 is 0 Å². The van der Waals surface area contributed by atoms with Gasteiger partial charge in [-0.2, -0.15) is 0 Å². The minimum absolute atomic E-state index is 0.115. The van der Waals surface area contributed by atoms with Crippen LogP contribution < -0.4 is 15.5 Å². The molecule has 2 aromatic rings. The topological polar surface area (TPSA) is 100 Å². The van der Waals surface area contributed by atoms with Gasteiger partial charge in [-0.15, -0.1) is 0 Å². The molecular formula is C17H19ClN6O2. The number of hydrogen-bond acceptors (Lipinski definition) is 6. The normalized spacial score (nSPS) is 13.5. The maximum Gasteiger partial charge on any atom is 0.271 e. The summed E-state index contributed by atoms with van der Waals surface area (Å²) in [6.45, 7) is 1.91. The Bertz CT molecular complexity index is 780. The Balaban J connectivity index is 1.53. The molecule has 1 aliphatic heterocycles. The van der Waals surface area contributed by atoms with Crippen molar-refractivity contribution < 1.29 is 9.59 Å². The lowest BCUT2D eigenvalue weighted by Crippen LogP contribution is -2.29. The number of carbonyl (C=O) groups is 2. The zero-order valence-electron chi connectivity index (χ0n) is 14.1. The van der Waals surface area contributed by atoms with Crippen LogP contribution in [0.1, 0.15) is 29.8 Å². The Morgan fingerprint density at radius 3 is 2.73 bits per heavy atom. The van der Waals surface area contributed by atoms with E-state index in [1.54, 1.807) is 24.4 Å². The molecular weight excluding hydrogens is 356 g/mol. The molecule has 0 radical (unpaired) electrons. The van der Waals surface area contributed by atoms with E-state index in [4.69, 9.17) is 11.6 Å². The summed E-state index contributed by atoms with van der Waals surface area (Å²) in [6, 6.07) is 5.23. The maximum atomic E-state index is 12.3. The number of anilines is 2. The minimum Gasteiger partial charge on any atom is -0.350 e. The minimum atomic E-state index is -0.427. The van der Waals surface area contributed by atoms with Crippen molar-refractivity contribution in [2.75, 3.05) is 29.9 Å². The monoisotopic (exact) mass is 374 g/mol. The summed E-state index contributed by atoms with van der Waals surface area (Å²) in [4.78, 5) is 38.7. The molecule has 0 unspecified atom stereocenters. The van der Waals surface area contributed by atoms with E-state index in [0.717, 1.165) is 25.9 Å². The Hall–Kier alpha value is -2.74. The van der Waals surface area contributed by atoms with Gasteiger partial charge in [0.15, 0.2) is 5.69 Å². The molecule has 1 aliphatic rings. The lowest BCUT2D eigenvalue weighted by Gasteiger charge is -2.15. The molecule has 26 heavy (non-hydrogen) atoms. The largest absolute Gasteiger partial charge is 0.350 e. The average Bonchev–Trinajstić information content (AvgIpc) is 3.17. The summed E-state index contributed by atoms with van der Waals surface area (Å²) in [5, 5.41) is 5.50. The van der Waals surface area contributed by atoms with Gasteiger partial charge in [-0.05, 0) is 25.0 Å². The number of amides is 2. The molecule has 0 atom stereocenters. The second-order valence-electron chi connectivity index (χ2n) is 5.83. The quantitative estimate of drug-likeness (QED) is 0.800. The van der Waals surface area contributed by atoms with E-state index in [2.05, 4.69) is 25.6 Å². The Morgan fingerprint density at radius 1 is 1.19 bits per heavy atom. The van der Waals surface area contributed by atoms with Crippen LogP contribution in [0.15, 0.2) is 30.6 Å². The fourth-order valence-electron chi connectivity index (χ4n) is 2.60. The number of halogens is 1. The predicted octanol–water partition coefficient (Wildman–Crippen LogP) is 1.88. The van der Waals surface area contributed by atoms with Crippen LogP contribution in [0.3, 0.4) is 0 Å². The van der Waals surface area contributed by atoms with Crippen LogP contribution in [-0.4, -0.2) is 46.4 Å². The molecule has 3 heterocycles. The van der Waals surface area contributed by atoms with Gasteiger partial charge in [0, 0.05) is 32.3 Å². The SMILES string of the molecule is O=C(CCNC(=O)c1nc(N2CCCC2)ncc1Cl)Nc1ccccn1. The Morgan fingerprint density at radius 2 is 2.00 bits per heavy atom. The molecule has 0 spiro atoms. The van der Waals surface area contributed by atoms with E-state index in [1.165, 1.54) is 6.20 Å². The number of rotatable bonds is 6. The summed E-state index contributed by atoms with van der Waals surface area (Å²) in [5.74, 6) is 0.307. The maximum absolute atomic E-state index is 12.3. The summed E-state index contributed by atoms with van der Waals surface area (Å²) in [7, 11) is 0. The van der Waals surface area contributed by atoms with Crippen molar-refractivity contribution in [3.05, 3.63) is 41.3 Å². The molecule has 8 nitrogen and oxygen atoms in total. The fourth-order valence-corrected chi connectivity index (χ4v) is 2.78. The second-order valence-corrected chi connectivity index (χ2v) is 6.24. The van der Waals surface area contributed by atoms with Gasteiger partial charge in [-0.3, -0.25) is 9.59 Å². The molecule has 0 aliphatic carbocycles. The summed E-state index contributed by atoms with van der Waals surface area (Å²) >= 11 is 6.05. The lowest BCUT2D eigenvalue weighted by molar-refractivity contribution is -0.116. The highest BCUT2D eigenvalue weighted by Crippen LogP contribution is 2.19. The van der Waals surface area contributed by atoms with E-state index in [0.29, 0.717) is 11.8 Å². The van der Waals surface area contributed by atoms with Gasteiger partial charge in [0.05, 0.1) is 11.2 Å². The van der Waals surface area contributed by atoms with Crippen LogP contribution in [-0.2, 0) is 4.79 Å². The van der Waals surface area contributed by atoms with E-state index in [1.807, 2.05) is 4.90 Å². The van der Waals surface area contributed by atoms with Gasteiger partial charge < -0.3 is 15.5 Å². The molecule has 2 amide bonds. The van der Waals surface area contributed by atoms with Crippen molar-refractivity contribution in [2.24, 2.45) is 0 Å². The molecule has 1 saturated heterocycles. The van der Waals surface area contributed by atoms with Crippen molar-refractivity contribution >= 4 is 35.2 Å². The van der Waals surface area contributed by atoms with Crippen molar-refractivity contribution in [3.8, 4) is 0 Å². The van der Waals surface area contributed by atoms with E-state index in [-0.39, 0.29) is 29.6 Å².